The lowest BCUT2D eigenvalue weighted by atomic mass is 9.87. The molecular formula is C19H22FNO. The van der Waals surface area contributed by atoms with Gasteiger partial charge < -0.3 is 9.64 Å². The zero-order valence-electron chi connectivity index (χ0n) is 13.6. The average molecular weight is 299 g/mol. The van der Waals surface area contributed by atoms with Gasteiger partial charge in [-0.1, -0.05) is 35.9 Å². The van der Waals surface area contributed by atoms with Crippen molar-refractivity contribution in [3.8, 4) is 11.1 Å². The van der Waals surface area contributed by atoms with E-state index in [-0.39, 0.29) is 5.82 Å². The third kappa shape index (κ3) is 2.16. The topological polar surface area (TPSA) is 12.5 Å². The Morgan fingerprint density at radius 2 is 1.91 bits per heavy atom. The van der Waals surface area contributed by atoms with Gasteiger partial charge in [0.05, 0.1) is 0 Å². The van der Waals surface area contributed by atoms with Crippen molar-refractivity contribution in [2.45, 2.75) is 18.9 Å². The Hall–Kier alpha value is -1.71. The Balaban J connectivity index is 2.26. The van der Waals surface area contributed by atoms with Gasteiger partial charge in [-0.25, -0.2) is 4.39 Å². The van der Waals surface area contributed by atoms with Gasteiger partial charge in [-0.2, -0.15) is 0 Å². The molecule has 0 heterocycles. The molecule has 0 bridgehead atoms. The summed E-state index contributed by atoms with van der Waals surface area (Å²) in [6.07, 6.45) is 0.795. The molecule has 0 spiro atoms. The lowest BCUT2D eigenvalue weighted by Crippen LogP contribution is -2.32. The van der Waals surface area contributed by atoms with E-state index in [1.54, 1.807) is 13.2 Å². The third-order valence-electron chi connectivity index (χ3n) is 4.59. The van der Waals surface area contributed by atoms with Gasteiger partial charge in [0.1, 0.15) is 11.4 Å². The standard InChI is InChI=1S/C19H22FNO/c1-13-8-9-14-16(12-13)19(22-4,10-11-21(2)3)15-6-5-7-17(20)18(14)15/h5-9,12H,10-11H2,1-4H3. The largest absolute Gasteiger partial charge is 0.369 e. The van der Waals surface area contributed by atoms with Crippen LogP contribution in [-0.2, 0) is 10.3 Å². The quantitative estimate of drug-likeness (QED) is 0.847. The van der Waals surface area contributed by atoms with Crippen molar-refractivity contribution in [1.82, 2.24) is 4.90 Å². The SMILES string of the molecule is COC1(CCN(C)C)c2cc(C)ccc2-c2c(F)cccc21. The van der Waals surface area contributed by atoms with Gasteiger partial charge in [0, 0.05) is 19.2 Å². The highest BCUT2D eigenvalue weighted by atomic mass is 19.1. The Kier molecular flexibility index (Phi) is 3.79. The maximum atomic E-state index is 14.5. The summed E-state index contributed by atoms with van der Waals surface area (Å²) < 4.78 is 20.5. The van der Waals surface area contributed by atoms with E-state index in [2.05, 4.69) is 17.9 Å². The lowest BCUT2D eigenvalue weighted by Gasteiger charge is -2.32. The molecule has 0 saturated heterocycles. The Morgan fingerprint density at radius 3 is 2.59 bits per heavy atom. The van der Waals surface area contributed by atoms with E-state index in [1.165, 1.54) is 11.6 Å². The number of hydrogen-bond donors (Lipinski definition) is 0. The number of hydrogen-bond acceptors (Lipinski definition) is 2. The first-order valence-corrected chi connectivity index (χ1v) is 7.60. The number of halogens is 1. The number of fused-ring (bicyclic) bond motifs is 3. The van der Waals surface area contributed by atoms with E-state index in [1.807, 2.05) is 32.3 Å². The second-order valence-corrected chi connectivity index (χ2v) is 6.30. The molecule has 2 aromatic carbocycles. The molecule has 0 aromatic heterocycles. The van der Waals surface area contributed by atoms with Crippen LogP contribution in [0, 0.1) is 12.7 Å². The molecule has 0 radical (unpaired) electrons. The predicted octanol–water partition coefficient (Wildman–Crippen LogP) is 3.96. The van der Waals surface area contributed by atoms with E-state index in [9.17, 15) is 4.39 Å². The number of aryl methyl sites for hydroxylation is 1. The van der Waals surface area contributed by atoms with E-state index >= 15 is 0 Å². The maximum absolute atomic E-state index is 14.5. The first-order valence-electron chi connectivity index (χ1n) is 7.60. The van der Waals surface area contributed by atoms with Crippen molar-refractivity contribution < 1.29 is 9.13 Å². The van der Waals surface area contributed by atoms with Gasteiger partial charge in [-0.15, -0.1) is 0 Å². The minimum Gasteiger partial charge on any atom is -0.369 e. The molecule has 2 nitrogen and oxygen atoms in total. The highest BCUT2D eigenvalue weighted by Gasteiger charge is 2.44. The minimum atomic E-state index is -0.566. The molecule has 0 saturated carbocycles. The summed E-state index contributed by atoms with van der Waals surface area (Å²) in [7, 11) is 5.81. The van der Waals surface area contributed by atoms with Gasteiger partial charge in [-0.3, -0.25) is 0 Å². The second-order valence-electron chi connectivity index (χ2n) is 6.30. The smallest absolute Gasteiger partial charge is 0.131 e. The fourth-order valence-electron chi connectivity index (χ4n) is 3.46. The number of methoxy groups -OCH3 is 1. The van der Waals surface area contributed by atoms with Gasteiger partial charge in [0.15, 0.2) is 0 Å². The molecule has 1 unspecified atom stereocenters. The molecule has 3 heteroatoms. The summed E-state index contributed by atoms with van der Waals surface area (Å²) in [4.78, 5) is 2.13. The minimum absolute atomic E-state index is 0.175. The molecule has 2 aromatic rings. The molecular weight excluding hydrogens is 277 g/mol. The van der Waals surface area contributed by atoms with Crippen LogP contribution in [0.2, 0.25) is 0 Å². The second kappa shape index (κ2) is 5.49. The molecule has 1 aliphatic carbocycles. The van der Waals surface area contributed by atoms with Crippen LogP contribution in [-0.4, -0.2) is 32.6 Å². The summed E-state index contributed by atoms with van der Waals surface area (Å²) in [6, 6.07) is 11.5. The molecule has 0 fully saturated rings. The van der Waals surface area contributed by atoms with Gasteiger partial charge >= 0.3 is 0 Å². The number of rotatable bonds is 4. The first kappa shape index (κ1) is 15.2. The zero-order chi connectivity index (χ0) is 15.9. The molecule has 0 N–H and O–H groups in total. The monoisotopic (exact) mass is 299 g/mol. The van der Waals surface area contributed by atoms with Crippen molar-refractivity contribution in [3.05, 3.63) is 58.9 Å². The van der Waals surface area contributed by atoms with Crippen molar-refractivity contribution in [1.29, 1.82) is 0 Å². The van der Waals surface area contributed by atoms with E-state index in [0.29, 0.717) is 5.56 Å². The molecule has 0 aliphatic heterocycles. The van der Waals surface area contributed by atoms with Crippen LogP contribution >= 0.6 is 0 Å². The van der Waals surface area contributed by atoms with Crippen LogP contribution in [0.1, 0.15) is 23.1 Å². The summed E-state index contributed by atoms with van der Waals surface area (Å²) in [5, 5.41) is 0. The van der Waals surface area contributed by atoms with Gasteiger partial charge in [-0.05, 0) is 50.2 Å². The van der Waals surface area contributed by atoms with E-state index in [0.717, 1.165) is 29.7 Å². The number of ether oxygens (including phenoxy) is 1. The lowest BCUT2D eigenvalue weighted by molar-refractivity contribution is 0.0130. The highest BCUT2D eigenvalue weighted by molar-refractivity contribution is 5.81. The van der Waals surface area contributed by atoms with Crippen LogP contribution in [0.25, 0.3) is 11.1 Å². The molecule has 22 heavy (non-hydrogen) atoms. The fourth-order valence-corrected chi connectivity index (χ4v) is 3.46. The molecule has 0 amide bonds. The molecule has 116 valence electrons. The summed E-state index contributed by atoms with van der Waals surface area (Å²) in [5.74, 6) is -0.175. The highest BCUT2D eigenvalue weighted by Crippen LogP contribution is 2.52. The molecule has 1 atom stereocenters. The maximum Gasteiger partial charge on any atom is 0.131 e. The predicted molar refractivity (Wildman–Crippen MR) is 87.5 cm³/mol. The summed E-state index contributed by atoms with van der Waals surface area (Å²) >= 11 is 0. The first-order chi connectivity index (χ1) is 10.5. The van der Waals surface area contributed by atoms with E-state index < -0.39 is 5.60 Å². The van der Waals surface area contributed by atoms with Crippen molar-refractivity contribution >= 4 is 0 Å². The summed E-state index contributed by atoms with van der Waals surface area (Å²) in [5.41, 5.74) is 4.27. The van der Waals surface area contributed by atoms with Crippen molar-refractivity contribution in [2.24, 2.45) is 0 Å². The zero-order valence-corrected chi connectivity index (χ0v) is 13.6. The van der Waals surface area contributed by atoms with Crippen LogP contribution < -0.4 is 0 Å². The average Bonchev–Trinajstić information content (AvgIpc) is 2.76. The van der Waals surface area contributed by atoms with Gasteiger partial charge in [0.2, 0.25) is 0 Å². The Bertz CT molecular complexity index is 711. The van der Waals surface area contributed by atoms with Crippen LogP contribution in [0.5, 0.6) is 0 Å². The fraction of sp³-hybridized carbons (Fsp3) is 0.368. The van der Waals surface area contributed by atoms with Crippen LogP contribution in [0.4, 0.5) is 4.39 Å². The summed E-state index contributed by atoms with van der Waals surface area (Å²) in [6.45, 7) is 2.93. The van der Waals surface area contributed by atoms with Crippen LogP contribution in [0.3, 0.4) is 0 Å². The van der Waals surface area contributed by atoms with Crippen molar-refractivity contribution in [3.63, 3.8) is 0 Å². The van der Waals surface area contributed by atoms with Gasteiger partial charge in [0.25, 0.3) is 0 Å². The number of nitrogens with zero attached hydrogens (tertiary/aromatic N) is 1. The number of benzene rings is 2. The Labute approximate surface area is 131 Å². The van der Waals surface area contributed by atoms with E-state index in [4.69, 9.17) is 4.74 Å². The molecule has 3 rings (SSSR count). The Morgan fingerprint density at radius 1 is 1.14 bits per heavy atom. The van der Waals surface area contributed by atoms with Crippen molar-refractivity contribution in [2.75, 3.05) is 27.7 Å². The normalized spacial score (nSPS) is 19.4. The van der Waals surface area contributed by atoms with Crippen LogP contribution in [0.15, 0.2) is 36.4 Å². The molecule has 1 aliphatic rings. The third-order valence-corrected chi connectivity index (χ3v) is 4.59.